The molecule has 0 heterocycles. The molecule has 0 unspecified atom stereocenters. The summed E-state index contributed by atoms with van der Waals surface area (Å²) in [7, 11) is 0. The van der Waals surface area contributed by atoms with Gasteiger partial charge in [0.2, 0.25) is 0 Å². The lowest BCUT2D eigenvalue weighted by Crippen LogP contribution is -1.93. The minimum absolute atomic E-state index is 0.359. The van der Waals surface area contributed by atoms with Crippen LogP contribution in [-0.2, 0) is 0 Å². The first-order valence-corrected chi connectivity index (χ1v) is 8.81. The third kappa shape index (κ3) is 2.84. The Labute approximate surface area is 137 Å². The summed E-state index contributed by atoms with van der Waals surface area (Å²) in [5.74, 6) is -0.717. The van der Waals surface area contributed by atoms with Crippen molar-refractivity contribution < 1.29 is 2.74 Å². The smallest absolute Gasteiger partial charge is 0.0352 e. The molecular formula is C22H26. The molecule has 0 saturated heterocycles. The van der Waals surface area contributed by atoms with Gasteiger partial charge < -0.3 is 0 Å². The maximum atomic E-state index is 8.62. The molecule has 2 aromatic carbocycles. The molecule has 0 nitrogen and oxygen atoms in total. The molecule has 4 rings (SSSR count). The Hall–Kier alpha value is -1.56. The molecule has 22 heavy (non-hydrogen) atoms. The van der Waals surface area contributed by atoms with Gasteiger partial charge in [-0.15, -0.1) is 0 Å². The van der Waals surface area contributed by atoms with E-state index in [0.717, 1.165) is 36.8 Å². The van der Waals surface area contributed by atoms with Crippen LogP contribution in [0.15, 0.2) is 48.5 Å². The average molecular weight is 292 g/mol. The zero-order valence-electron chi connectivity index (χ0n) is 15.3. The Balaban J connectivity index is 1.55. The van der Waals surface area contributed by atoms with Gasteiger partial charge in [0.15, 0.2) is 0 Å². The van der Waals surface area contributed by atoms with Crippen molar-refractivity contribution in [1.29, 1.82) is 0 Å². The van der Waals surface area contributed by atoms with E-state index in [2.05, 4.69) is 48.5 Å². The predicted molar refractivity (Wildman–Crippen MR) is 94.3 cm³/mol. The van der Waals surface area contributed by atoms with E-state index in [1.165, 1.54) is 36.8 Å². The SMILES string of the molecule is [2H]C1(c2ccc(-c3ccc(C4([2H])CCCC4)cc3)cc2)CCCC1. The van der Waals surface area contributed by atoms with Gasteiger partial charge in [-0.1, -0.05) is 74.2 Å². The van der Waals surface area contributed by atoms with Gasteiger partial charge in [0, 0.05) is 2.74 Å². The summed E-state index contributed by atoms with van der Waals surface area (Å²) < 4.78 is 17.2. The minimum atomic E-state index is -0.359. The van der Waals surface area contributed by atoms with Crippen LogP contribution in [0.25, 0.3) is 11.1 Å². The zero-order valence-corrected chi connectivity index (χ0v) is 13.3. The third-order valence-corrected chi connectivity index (χ3v) is 5.33. The van der Waals surface area contributed by atoms with Crippen LogP contribution in [-0.4, -0.2) is 0 Å². The monoisotopic (exact) mass is 292 g/mol. The van der Waals surface area contributed by atoms with Crippen molar-refractivity contribution in [2.45, 2.75) is 63.2 Å². The van der Waals surface area contributed by atoms with Crippen LogP contribution in [0.4, 0.5) is 0 Å². The Bertz CT molecular complexity index is 624. The van der Waals surface area contributed by atoms with E-state index in [9.17, 15) is 0 Å². The molecule has 0 aromatic heterocycles. The summed E-state index contributed by atoms with van der Waals surface area (Å²) in [6.07, 6.45) is 8.70. The van der Waals surface area contributed by atoms with Gasteiger partial charge in [-0.3, -0.25) is 0 Å². The molecule has 0 radical (unpaired) electrons. The van der Waals surface area contributed by atoms with E-state index in [-0.39, 0.29) is 11.8 Å². The summed E-state index contributed by atoms with van der Waals surface area (Å²) in [4.78, 5) is 0. The predicted octanol–water partition coefficient (Wildman–Crippen LogP) is 6.67. The fraction of sp³-hybridized carbons (Fsp3) is 0.455. The average Bonchev–Trinajstić information content (AvgIpc) is 3.26. The van der Waals surface area contributed by atoms with Crippen molar-refractivity contribution >= 4 is 0 Å². The summed E-state index contributed by atoms with van der Waals surface area (Å²) >= 11 is 0. The van der Waals surface area contributed by atoms with Gasteiger partial charge in [0.1, 0.15) is 0 Å². The second-order valence-corrected chi connectivity index (χ2v) is 6.78. The Morgan fingerprint density at radius 1 is 0.545 bits per heavy atom. The van der Waals surface area contributed by atoms with Crippen molar-refractivity contribution in [1.82, 2.24) is 0 Å². The maximum absolute atomic E-state index is 8.62. The first kappa shape index (κ1) is 11.9. The fourth-order valence-corrected chi connectivity index (χ4v) is 3.98. The van der Waals surface area contributed by atoms with Gasteiger partial charge in [-0.2, -0.15) is 0 Å². The van der Waals surface area contributed by atoms with Crippen LogP contribution in [0.3, 0.4) is 0 Å². The fourth-order valence-electron chi connectivity index (χ4n) is 3.98. The van der Waals surface area contributed by atoms with E-state index in [1.54, 1.807) is 0 Å². The topological polar surface area (TPSA) is 0 Å². The molecule has 0 N–H and O–H groups in total. The number of hydrogen-bond acceptors (Lipinski definition) is 0. The summed E-state index contributed by atoms with van der Waals surface area (Å²) in [5, 5.41) is 0. The second-order valence-electron chi connectivity index (χ2n) is 6.78. The molecule has 0 atom stereocenters. The lowest BCUT2D eigenvalue weighted by atomic mass is 9.93. The van der Waals surface area contributed by atoms with Gasteiger partial charge in [0.25, 0.3) is 0 Å². The van der Waals surface area contributed by atoms with E-state index in [4.69, 9.17) is 2.74 Å². The molecule has 2 fully saturated rings. The zero-order chi connectivity index (χ0) is 16.6. The highest BCUT2D eigenvalue weighted by molar-refractivity contribution is 5.64. The summed E-state index contributed by atoms with van der Waals surface area (Å²) in [6.45, 7) is 0. The third-order valence-electron chi connectivity index (χ3n) is 5.33. The van der Waals surface area contributed by atoms with Gasteiger partial charge in [-0.05, 0) is 59.7 Å². The first-order valence-electron chi connectivity index (χ1n) is 9.81. The van der Waals surface area contributed by atoms with Crippen LogP contribution >= 0.6 is 0 Å². The number of rotatable bonds is 3. The van der Waals surface area contributed by atoms with Gasteiger partial charge >= 0.3 is 0 Å². The molecule has 0 aliphatic heterocycles. The normalized spacial score (nSPS) is 24.0. The Morgan fingerprint density at radius 2 is 0.864 bits per heavy atom. The molecule has 2 aliphatic carbocycles. The van der Waals surface area contributed by atoms with Gasteiger partial charge in [-0.25, -0.2) is 0 Å². The van der Waals surface area contributed by atoms with Crippen LogP contribution in [0, 0.1) is 0 Å². The van der Waals surface area contributed by atoms with Crippen molar-refractivity contribution in [3.63, 3.8) is 0 Å². The Morgan fingerprint density at radius 3 is 1.18 bits per heavy atom. The Kier molecular flexibility index (Phi) is 3.41. The van der Waals surface area contributed by atoms with Crippen LogP contribution in [0.2, 0.25) is 0 Å². The van der Waals surface area contributed by atoms with E-state index in [1.807, 2.05) is 0 Å². The molecule has 2 aromatic rings. The minimum Gasteiger partial charge on any atom is -0.0581 e. The van der Waals surface area contributed by atoms with Crippen LogP contribution in [0.1, 0.15) is 77.0 Å². The van der Waals surface area contributed by atoms with E-state index >= 15 is 0 Å². The standard InChI is InChI=1S/C22H26/c1-2-6-17(5-1)19-9-13-21(14-10-19)22-15-11-20(12-16-22)18-7-3-4-8-18/h9-18H,1-8H2/i17D,18D. The molecule has 0 heteroatoms. The highest BCUT2D eigenvalue weighted by atomic mass is 14.2. The highest BCUT2D eigenvalue weighted by Crippen LogP contribution is 2.36. The number of hydrogen-bond donors (Lipinski definition) is 0. The van der Waals surface area contributed by atoms with Crippen molar-refractivity contribution in [2.24, 2.45) is 0 Å². The van der Waals surface area contributed by atoms with E-state index < -0.39 is 0 Å². The van der Waals surface area contributed by atoms with Crippen molar-refractivity contribution in [3.05, 3.63) is 59.7 Å². The maximum Gasteiger partial charge on any atom is 0.0352 e. The quantitative estimate of drug-likeness (QED) is 0.592. The lowest BCUT2D eigenvalue weighted by Gasteiger charge is -2.12. The molecule has 0 bridgehead atoms. The molecule has 0 amide bonds. The van der Waals surface area contributed by atoms with Crippen molar-refractivity contribution in [3.8, 4) is 11.1 Å². The molecule has 2 saturated carbocycles. The van der Waals surface area contributed by atoms with Crippen LogP contribution in [0.5, 0.6) is 0 Å². The highest BCUT2D eigenvalue weighted by Gasteiger charge is 2.18. The van der Waals surface area contributed by atoms with Crippen molar-refractivity contribution in [2.75, 3.05) is 0 Å². The lowest BCUT2D eigenvalue weighted by molar-refractivity contribution is 0.723. The van der Waals surface area contributed by atoms with E-state index in [0.29, 0.717) is 0 Å². The largest absolute Gasteiger partial charge is 0.0581 e. The molecule has 0 spiro atoms. The summed E-state index contributed by atoms with van der Waals surface area (Å²) in [5.41, 5.74) is 4.74. The first-order chi connectivity index (χ1) is 11.6. The molecule has 114 valence electrons. The number of benzene rings is 2. The van der Waals surface area contributed by atoms with Gasteiger partial charge in [0.05, 0.1) is 0 Å². The molecule has 2 aliphatic rings. The second kappa shape index (κ2) is 6.28. The van der Waals surface area contributed by atoms with Crippen LogP contribution < -0.4 is 0 Å². The molecular weight excluding hydrogens is 264 g/mol. The summed E-state index contributed by atoms with van der Waals surface area (Å²) in [6, 6.07) is 17.2.